The lowest BCUT2D eigenvalue weighted by atomic mass is 10.1. The van der Waals surface area contributed by atoms with Crippen molar-refractivity contribution in [1.82, 2.24) is 0 Å². The number of hydrogen-bond donors (Lipinski definition) is 2. The predicted molar refractivity (Wildman–Crippen MR) is 76.3 cm³/mol. The summed E-state index contributed by atoms with van der Waals surface area (Å²) < 4.78 is 18.7. The summed E-state index contributed by atoms with van der Waals surface area (Å²) in [5.41, 5.74) is 0.347. The van der Waals surface area contributed by atoms with Crippen LogP contribution in [-0.2, 0) is 11.2 Å². The highest BCUT2D eigenvalue weighted by Crippen LogP contribution is 2.18. The molecule has 0 fully saturated rings. The number of amides is 1. The zero-order chi connectivity index (χ0) is 15.3. The van der Waals surface area contributed by atoms with Crippen LogP contribution in [0.2, 0.25) is 0 Å². The van der Waals surface area contributed by atoms with Crippen molar-refractivity contribution in [3.05, 3.63) is 29.6 Å². The molecule has 2 N–H and O–H groups in total. The van der Waals surface area contributed by atoms with Crippen molar-refractivity contribution in [2.75, 3.05) is 5.32 Å². The van der Waals surface area contributed by atoms with Gasteiger partial charge in [0.1, 0.15) is 11.4 Å². The molecule has 1 aromatic rings. The molecule has 0 aliphatic heterocycles. The Morgan fingerprint density at radius 2 is 2.10 bits per heavy atom. The van der Waals surface area contributed by atoms with E-state index in [1.165, 1.54) is 12.1 Å². The Kier molecular flexibility index (Phi) is 5.51. The number of hydrogen-bond acceptors (Lipinski definition) is 3. The second-order valence-corrected chi connectivity index (χ2v) is 5.82. The van der Waals surface area contributed by atoms with E-state index in [1.54, 1.807) is 33.8 Å². The molecule has 0 aliphatic rings. The molecule has 1 rings (SSSR count). The standard InChI is InChI=1S/C15H22FNO3/c1-10(18)5-6-11-9-12(7-8-13(11)16)17-14(19)20-15(2,3)4/h7-10,18H,5-6H2,1-4H3,(H,17,19)/t10-/m1/s1. The van der Waals surface area contributed by atoms with Crippen molar-refractivity contribution in [2.24, 2.45) is 0 Å². The quantitative estimate of drug-likeness (QED) is 0.889. The fraction of sp³-hybridized carbons (Fsp3) is 0.533. The number of aryl methyl sites for hydroxylation is 1. The zero-order valence-corrected chi connectivity index (χ0v) is 12.4. The summed E-state index contributed by atoms with van der Waals surface area (Å²) in [4.78, 5) is 11.6. The average Bonchev–Trinajstić information content (AvgIpc) is 2.27. The van der Waals surface area contributed by atoms with E-state index < -0.39 is 17.8 Å². The van der Waals surface area contributed by atoms with Crippen LogP contribution >= 0.6 is 0 Å². The van der Waals surface area contributed by atoms with Crippen molar-refractivity contribution in [2.45, 2.75) is 52.2 Å². The third-order valence-electron chi connectivity index (χ3n) is 2.52. The number of aliphatic hydroxyl groups excluding tert-OH is 1. The van der Waals surface area contributed by atoms with Crippen molar-refractivity contribution >= 4 is 11.8 Å². The van der Waals surface area contributed by atoms with Crippen molar-refractivity contribution in [1.29, 1.82) is 0 Å². The molecule has 0 spiro atoms. The fourth-order valence-electron chi connectivity index (χ4n) is 1.63. The molecule has 0 aliphatic carbocycles. The van der Waals surface area contributed by atoms with E-state index >= 15 is 0 Å². The molecule has 0 saturated heterocycles. The Balaban J connectivity index is 2.72. The van der Waals surface area contributed by atoms with Crippen LogP contribution in [0.3, 0.4) is 0 Å². The first-order valence-electron chi connectivity index (χ1n) is 6.64. The number of nitrogens with one attached hydrogen (secondary N) is 1. The number of carbonyl (C=O) groups excluding carboxylic acids is 1. The first-order chi connectivity index (χ1) is 9.17. The Hall–Kier alpha value is -1.62. The highest BCUT2D eigenvalue weighted by atomic mass is 19.1. The fourth-order valence-corrected chi connectivity index (χ4v) is 1.63. The molecule has 0 heterocycles. The molecule has 0 saturated carbocycles. The maximum Gasteiger partial charge on any atom is 0.412 e. The predicted octanol–water partition coefficient (Wildman–Crippen LogP) is 3.49. The number of carbonyl (C=O) groups is 1. The molecular formula is C15H22FNO3. The minimum atomic E-state index is -0.584. The molecule has 4 nitrogen and oxygen atoms in total. The SMILES string of the molecule is C[C@@H](O)CCc1cc(NC(=O)OC(C)(C)C)ccc1F. The van der Waals surface area contributed by atoms with Gasteiger partial charge in [-0.2, -0.15) is 0 Å². The first-order valence-corrected chi connectivity index (χ1v) is 6.64. The van der Waals surface area contributed by atoms with E-state index in [1.807, 2.05) is 0 Å². The molecule has 0 unspecified atom stereocenters. The van der Waals surface area contributed by atoms with Crippen molar-refractivity contribution in [3.63, 3.8) is 0 Å². The largest absolute Gasteiger partial charge is 0.444 e. The van der Waals surface area contributed by atoms with Gasteiger partial charge >= 0.3 is 6.09 Å². The smallest absolute Gasteiger partial charge is 0.412 e. The van der Waals surface area contributed by atoms with Gasteiger partial charge in [0.2, 0.25) is 0 Å². The number of halogens is 1. The topological polar surface area (TPSA) is 58.6 Å². The van der Waals surface area contributed by atoms with Gasteiger partial charge in [0.15, 0.2) is 0 Å². The van der Waals surface area contributed by atoms with E-state index in [2.05, 4.69) is 5.32 Å². The van der Waals surface area contributed by atoms with Gasteiger partial charge in [0, 0.05) is 5.69 Å². The Labute approximate surface area is 119 Å². The lowest BCUT2D eigenvalue weighted by molar-refractivity contribution is 0.0636. The van der Waals surface area contributed by atoms with Gasteiger partial charge in [-0.25, -0.2) is 9.18 Å². The number of rotatable bonds is 4. The Morgan fingerprint density at radius 1 is 1.45 bits per heavy atom. The Bertz CT molecular complexity index is 467. The van der Waals surface area contributed by atoms with Gasteiger partial charge in [0.25, 0.3) is 0 Å². The van der Waals surface area contributed by atoms with Crippen LogP contribution in [0.4, 0.5) is 14.9 Å². The van der Waals surface area contributed by atoms with Gasteiger partial charge in [0.05, 0.1) is 6.10 Å². The van der Waals surface area contributed by atoms with Gasteiger partial charge in [-0.15, -0.1) is 0 Å². The molecule has 0 aromatic heterocycles. The summed E-state index contributed by atoms with van der Waals surface area (Å²) in [6.07, 6.45) is -0.192. The summed E-state index contributed by atoms with van der Waals surface area (Å²) in [5.74, 6) is -0.347. The maximum atomic E-state index is 13.6. The number of benzene rings is 1. The molecular weight excluding hydrogens is 261 g/mol. The molecule has 1 atom stereocenters. The summed E-state index contributed by atoms with van der Waals surface area (Å²) >= 11 is 0. The molecule has 1 aromatic carbocycles. The van der Waals surface area contributed by atoms with E-state index in [0.717, 1.165) is 0 Å². The zero-order valence-electron chi connectivity index (χ0n) is 12.4. The molecule has 0 radical (unpaired) electrons. The van der Waals surface area contributed by atoms with Crippen LogP contribution in [-0.4, -0.2) is 22.9 Å². The lowest BCUT2D eigenvalue weighted by Gasteiger charge is -2.19. The summed E-state index contributed by atoms with van der Waals surface area (Å²) in [7, 11) is 0. The van der Waals surface area contributed by atoms with Crippen LogP contribution < -0.4 is 5.32 Å². The van der Waals surface area contributed by atoms with E-state index in [0.29, 0.717) is 24.1 Å². The van der Waals surface area contributed by atoms with Gasteiger partial charge in [-0.05, 0) is 64.3 Å². The molecule has 112 valence electrons. The van der Waals surface area contributed by atoms with Gasteiger partial charge < -0.3 is 9.84 Å². The third kappa shape index (κ3) is 6.02. The van der Waals surface area contributed by atoms with E-state index in [4.69, 9.17) is 4.74 Å². The van der Waals surface area contributed by atoms with Crippen LogP contribution in [0.15, 0.2) is 18.2 Å². The van der Waals surface area contributed by atoms with E-state index in [-0.39, 0.29) is 5.82 Å². The number of ether oxygens (including phenoxy) is 1. The second-order valence-electron chi connectivity index (χ2n) is 5.82. The van der Waals surface area contributed by atoms with Crippen molar-refractivity contribution in [3.8, 4) is 0 Å². The normalized spacial score (nSPS) is 12.9. The van der Waals surface area contributed by atoms with E-state index in [9.17, 15) is 14.3 Å². The molecule has 1 amide bonds. The summed E-state index contributed by atoms with van der Waals surface area (Å²) in [5, 5.41) is 11.8. The van der Waals surface area contributed by atoms with Crippen LogP contribution in [0.1, 0.15) is 39.7 Å². The molecule has 20 heavy (non-hydrogen) atoms. The minimum absolute atomic E-state index is 0.347. The number of anilines is 1. The highest BCUT2D eigenvalue weighted by molar-refractivity contribution is 5.84. The maximum absolute atomic E-state index is 13.6. The Morgan fingerprint density at radius 3 is 2.65 bits per heavy atom. The lowest BCUT2D eigenvalue weighted by Crippen LogP contribution is -2.27. The van der Waals surface area contributed by atoms with Crippen LogP contribution in [0.5, 0.6) is 0 Å². The molecule has 5 heteroatoms. The molecule has 0 bridgehead atoms. The van der Waals surface area contributed by atoms with Crippen molar-refractivity contribution < 1.29 is 19.0 Å². The second kappa shape index (κ2) is 6.70. The highest BCUT2D eigenvalue weighted by Gasteiger charge is 2.16. The number of aliphatic hydroxyl groups is 1. The minimum Gasteiger partial charge on any atom is -0.444 e. The average molecular weight is 283 g/mol. The monoisotopic (exact) mass is 283 g/mol. The van der Waals surface area contributed by atoms with Crippen LogP contribution in [0.25, 0.3) is 0 Å². The first kappa shape index (κ1) is 16.4. The third-order valence-corrected chi connectivity index (χ3v) is 2.52. The van der Waals surface area contributed by atoms with Crippen LogP contribution in [0, 0.1) is 5.82 Å². The van der Waals surface area contributed by atoms with Gasteiger partial charge in [-0.3, -0.25) is 5.32 Å². The summed E-state index contributed by atoms with van der Waals surface area (Å²) in [6.45, 7) is 6.96. The van der Waals surface area contributed by atoms with Gasteiger partial charge in [-0.1, -0.05) is 0 Å². The summed E-state index contributed by atoms with van der Waals surface area (Å²) in [6, 6.07) is 4.33.